The van der Waals surface area contributed by atoms with Crippen molar-refractivity contribution in [1.29, 1.82) is 0 Å². The summed E-state index contributed by atoms with van der Waals surface area (Å²) in [4.78, 5) is 26.6. The smallest absolute Gasteiger partial charge is 0.300 e. The fraction of sp³-hybridized carbons (Fsp3) is 0.400. The number of aromatic nitrogens is 2. The Morgan fingerprint density at radius 2 is 2.18 bits per heavy atom. The third-order valence-corrected chi connectivity index (χ3v) is 3.52. The summed E-state index contributed by atoms with van der Waals surface area (Å²) < 4.78 is 2.15. The summed E-state index contributed by atoms with van der Waals surface area (Å²) in [5.41, 5.74) is 6.86. The van der Waals surface area contributed by atoms with E-state index in [0.29, 0.717) is 0 Å². The highest BCUT2D eigenvalue weighted by Crippen LogP contribution is 2.15. The van der Waals surface area contributed by atoms with Crippen molar-refractivity contribution < 1.29 is 14.7 Å². The highest BCUT2D eigenvalue weighted by Gasteiger charge is 2.27. The number of carboxylic acid groups (broad SMARTS) is 1. The van der Waals surface area contributed by atoms with Gasteiger partial charge in [-0.2, -0.15) is 0 Å². The van der Waals surface area contributed by atoms with Crippen LogP contribution in [0.5, 0.6) is 0 Å². The molecule has 1 aliphatic heterocycles. The maximum atomic E-state index is 11.7. The molecule has 3 heterocycles. The molecule has 0 bridgehead atoms. The number of pyridine rings is 1. The summed E-state index contributed by atoms with van der Waals surface area (Å²) in [5.74, 6) is -0.756. The molecule has 0 aromatic carbocycles. The molecule has 2 aromatic heterocycles. The first-order chi connectivity index (χ1) is 10.5. The van der Waals surface area contributed by atoms with Gasteiger partial charge in [0.2, 0.25) is 5.91 Å². The monoisotopic (exact) mass is 304 g/mol. The first-order valence-corrected chi connectivity index (χ1v) is 7.12. The van der Waals surface area contributed by atoms with Crippen LogP contribution in [0.3, 0.4) is 0 Å². The van der Waals surface area contributed by atoms with Gasteiger partial charge in [-0.15, -0.1) is 0 Å². The summed E-state index contributed by atoms with van der Waals surface area (Å²) in [7, 11) is 0. The van der Waals surface area contributed by atoms with Crippen LogP contribution in [0.15, 0.2) is 30.7 Å². The van der Waals surface area contributed by atoms with E-state index in [2.05, 4.69) is 9.55 Å². The van der Waals surface area contributed by atoms with Crippen LogP contribution in [0.2, 0.25) is 0 Å². The van der Waals surface area contributed by atoms with Crippen LogP contribution in [0.4, 0.5) is 0 Å². The van der Waals surface area contributed by atoms with Crippen LogP contribution in [-0.4, -0.2) is 50.6 Å². The molecule has 0 aliphatic carbocycles. The van der Waals surface area contributed by atoms with Crippen LogP contribution in [0, 0.1) is 0 Å². The lowest BCUT2D eigenvalue weighted by Gasteiger charge is -2.16. The number of likely N-dealkylation sites (tertiary alicyclic amines) is 1. The number of rotatable bonds is 3. The number of amides is 1. The second-order valence-electron chi connectivity index (χ2n) is 5.18. The Kier molecular flexibility index (Phi) is 5.11. The molecular weight excluding hydrogens is 284 g/mol. The Morgan fingerprint density at radius 1 is 1.45 bits per heavy atom. The Labute approximate surface area is 128 Å². The van der Waals surface area contributed by atoms with Crippen molar-refractivity contribution in [3.8, 4) is 0 Å². The lowest BCUT2D eigenvalue weighted by Crippen LogP contribution is -2.35. The van der Waals surface area contributed by atoms with Gasteiger partial charge in [-0.05, 0) is 18.6 Å². The van der Waals surface area contributed by atoms with E-state index >= 15 is 0 Å². The molecule has 2 aromatic rings. The number of hydrogen-bond donors (Lipinski definition) is 2. The molecular formula is C15H20N4O3. The SMILES string of the molecule is CC(=O)O.NC1CCN(CCn2ccc3cnccc32)C1=O. The Hall–Kier alpha value is -2.41. The predicted molar refractivity (Wildman–Crippen MR) is 82.2 cm³/mol. The van der Waals surface area contributed by atoms with E-state index < -0.39 is 5.97 Å². The Balaban J connectivity index is 0.000000396. The Morgan fingerprint density at radius 3 is 2.82 bits per heavy atom. The molecule has 0 radical (unpaired) electrons. The minimum Gasteiger partial charge on any atom is -0.481 e. The fourth-order valence-corrected chi connectivity index (χ4v) is 2.45. The minimum absolute atomic E-state index is 0.0770. The van der Waals surface area contributed by atoms with Gasteiger partial charge in [-0.3, -0.25) is 14.6 Å². The van der Waals surface area contributed by atoms with Gasteiger partial charge in [0.25, 0.3) is 5.97 Å². The van der Waals surface area contributed by atoms with Gasteiger partial charge >= 0.3 is 0 Å². The normalized spacial score (nSPS) is 17.5. The topological polar surface area (TPSA) is 101 Å². The number of aliphatic carboxylic acids is 1. The van der Waals surface area contributed by atoms with Gasteiger partial charge in [0, 0.05) is 50.5 Å². The summed E-state index contributed by atoms with van der Waals surface area (Å²) >= 11 is 0. The van der Waals surface area contributed by atoms with Gasteiger partial charge in [-0.25, -0.2) is 0 Å². The number of fused-ring (bicyclic) bond motifs is 1. The molecule has 22 heavy (non-hydrogen) atoms. The minimum atomic E-state index is -0.833. The third kappa shape index (κ3) is 3.82. The van der Waals surface area contributed by atoms with E-state index in [4.69, 9.17) is 15.6 Å². The van der Waals surface area contributed by atoms with Crippen molar-refractivity contribution in [3.63, 3.8) is 0 Å². The van der Waals surface area contributed by atoms with Crippen LogP contribution in [0.25, 0.3) is 10.9 Å². The average Bonchev–Trinajstić information content (AvgIpc) is 3.02. The standard InChI is InChI=1S/C13H16N4O.C2H4O2/c14-11-3-6-17(13(11)18)8-7-16-5-2-10-9-15-4-1-12(10)16;1-2(3)4/h1-2,4-5,9,11H,3,6-8,14H2;1H3,(H,3,4). The first-order valence-electron chi connectivity index (χ1n) is 7.12. The molecule has 1 atom stereocenters. The van der Waals surface area contributed by atoms with Crippen molar-refractivity contribution in [2.75, 3.05) is 13.1 Å². The molecule has 1 fully saturated rings. The predicted octanol–water partition coefficient (Wildman–Crippen LogP) is 0.687. The van der Waals surface area contributed by atoms with E-state index in [1.165, 1.54) is 0 Å². The molecule has 1 aliphatic rings. The van der Waals surface area contributed by atoms with Gasteiger partial charge in [0.15, 0.2) is 0 Å². The highest BCUT2D eigenvalue weighted by molar-refractivity contribution is 5.83. The van der Waals surface area contributed by atoms with E-state index in [1.807, 2.05) is 29.4 Å². The van der Waals surface area contributed by atoms with Crippen molar-refractivity contribution in [3.05, 3.63) is 30.7 Å². The number of nitrogens with zero attached hydrogens (tertiary/aromatic N) is 3. The number of carboxylic acids is 1. The Bertz CT molecular complexity index is 664. The molecule has 7 nitrogen and oxygen atoms in total. The molecule has 3 N–H and O–H groups in total. The summed E-state index contributed by atoms with van der Waals surface area (Å²) in [6, 6.07) is 3.74. The van der Waals surface area contributed by atoms with Crippen LogP contribution in [0.1, 0.15) is 13.3 Å². The molecule has 1 unspecified atom stereocenters. The van der Waals surface area contributed by atoms with Crippen LogP contribution >= 0.6 is 0 Å². The zero-order chi connectivity index (χ0) is 16.1. The molecule has 7 heteroatoms. The average molecular weight is 304 g/mol. The van der Waals surface area contributed by atoms with Crippen LogP contribution < -0.4 is 5.73 Å². The largest absolute Gasteiger partial charge is 0.481 e. The van der Waals surface area contributed by atoms with E-state index in [0.717, 1.165) is 43.9 Å². The second kappa shape index (κ2) is 7.04. The van der Waals surface area contributed by atoms with Crippen molar-refractivity contribution >= 4 is 22.8 Å². The maximum Gasteiger partial charge on any atom is 0.300 e. The van der Waals surface area contributed by atoms with E-state index in [-0.39, 0.29) is 11.9 Å². The summed E-state index contributed by atoms with van der Waals surface area (Å²) in [6.07, 6.45) is 6.44. The van der Waals surface area contributed by atoms with Gasteiger partial charge in [0.1, 0.15) is 0 Å². The van der Waals surface area contributed by atoms with Gasteiger partial charge < -0.3 is 20.3 Å². The number of hydrogen-bond acceptors (Lipinski definition) is 4. The van der Waals surface area contributed by atoms with Crippen LogP contribution in [-0.2, 0) is 16.1 Å². The molecule has 118 valence electrons. The lowest BCUT2D eigenvalue weighted by atomic mass is 10.3. The second-order valence-corrected chi connectivity index (χ2v) is 5.18. The van der Waals surface area contributed by atoms with Crippen molar-refractivity contribution in [2.24, 2.45) is 5.73 Å². The summed E-state index contributed by atoms with van der Waals surface area (Å²) in [6.45, 7) is 3.38. The lowest BCUT2D eigenvalue weighted by molar-refractivity contribution is -0.134. The third-order valence-electron chi connectivity index (χ3n) is 3.52. The first kappa shape index (κ1) is 16.0. The fourth-order valence-electron chi connectivity index (χ4n) is 2.45. The number of nitrogens with two attached hydrogens (primary N) is 1. The highest BCUT2D eigenvalue weighted by atomic mass is 16.4. The zero-order valence-corrected chi connectivity index (χ0v) is 12.5. The number of carbonyl (C=O) groups excluding carboxylic acids is 1. The molecule has 1 amide bonds. The number of carbonyl (C=O) groups is 2. The molecule has 0 saturated carbocycles. The van der Waals surface area contributed by atoms with Crippen molar-refractivity contribution in [1.82, 2.24) is 14.5 Å². The molecule has 1 saturated heterocycles. The molecule has 3 rings (SSSR count). The molecule has 0 spiro atoms. The van der Waals surface area contributed by atoms with E-state index in [1.54, 1.807) is 6.20 Å². The van der Waals surface area contributed by atoms with Crippen molar-refractivity contribution in [2.45, 2.75) is 25.9 Å². The van der Waals surface area contributed by atoms with Gasteiger partial charge in [-0.1, -0.05) is 0 Å². The maximum absolute atomic E-state index is 11.7. The quantitative estimate of drug-likeness (QED) is 0.868. The zero-order valence-electron chi connectivity index (χ0n) is 12.5. The summed E-state index contributed by atoms with van der Waals surface area (Å²) in [5, 5.41) is 8.54. The van der Waals surface area contributed by atoms with Gasteiger partial charge in [0.05, 0.1) is 11.6 Å². The van der Waals surface area contributed by atoms with E-state index in [9.17, 15) is 4.79 Å².